The maximum Gasteiger partial charge on any atom is 0.251 e. The molecule has 0 bridgehead atoms. The summed E-state index contributed by atoms with van der Waals surface area (Å²) in [5.74, 6) is 0.525. The standard InChI is InChI=1S/C14H17BrClNO/c15-9-11-4-1-2-7-13(11)17-14(18)10-5-3-6-12(16)8-10/h3,5-6,8,11,13H,1-2,4,7,9H2,(H,17,18). The van der Waals surface area contributed by atoms with Crippen molar-refractivity contribution >= 4 is 33.4 Å². The van der Waals surface area contributed by atoms with E-state index in [0.717, 1.165) is 11.8 Å². The van der Waals surface area contributed by atoms with Gasteiger partial charge >= 0.3 is 0 Å². The van der Waals surface area contributed by atoms with Gasteiger partial charge in [0.1, 0.15) is 0 Å². The van der Waals surface area contributed by atoms with Gasteiger partial charge in [0.25, 0.3) is 5.91 Å². The fourth-order valence-electron chi connectivity index (χ4n) is 2.46. The van der Waals surface area contributed by atoms with E-state index in [1.165, 1.54) is 19.3 Å². The van der Waals surface area contributed by atoms with Crippen molar-refractivity contribution < 1.29 is 4.79 Å². The molecule has 2 rings (SSSR count). The molecule has 0 aromatic heterocycles. The Balaban J connectivity index is 2.02. The van der Waals surface area contributed by atoms with Crippen LogP contribution in [0.5, 0.6) is 0 Å². The zero-order chi connectivity index (χ0) is 13.0. The van der Waals surface area contributed by atoms with Crippen molar-refractivity contribution in [2.45, 2.75) is 31.7 Å². The van der Waals surface area contributed by atoms with Crippen LogP contribution >= 0.6 is 27.5 Å². The first-order chi connectivity index (χ1) is 8.70. The van der Waals surface area contributed by atoms with Crippen LogP contribution in [0, 0.1) is 5.92 Å². The summed E-state index contributed by atoms with van der Waals surface area (Å²) in [6, 6.07) is 7.38. The molecule has 0 heterocycles. The molecule has 1 aliphatic carbocycles. The Kier molecular flexibility index (Phi) is 5.07. The molecule has 18 heavy (non-hydrogen) atoms. The van der Waals surface area contributed by atoms with Crippen molar-refractivity contribution in [1.29, 1.82) is 0 Å². The maximum atomic E-state index is 12.1. The van der Waals surface area contributed by atoms with Gasteiger partial charge in [-0.3, -0.25) is 4.79 Å². The molecule has 98 valence electrons. The van der Waals surface area contributed by atoms with Crippen LogP contribution in [-0.2, 0) is 0 Å². The number of hydrogen-bond acceptors (Lipinski definition) is 1. The molecule has 1 saturated carbocycles. The summed E-state index contributed by atoms with van der Waals surface area (Å²) < 4.78 is 0. The minimum absolute atomic E-state index is 0.0182. The van der Waals surface area contributed by atoms with Crippen molar-refractivity contribution in [1.82, 2.24) is 5.32 Å². The third kappa shape index (κ3) is 3.48. The highest BCUT2D eigenvalue weighted by Gasteiger charge is 2.25. The number of halogens is 2. The molecule has 2 unspecified atom stereocenters. The molecule has 2 nitrogen and oxygen atoms in total. The third-order valence-electron chi connectivity index (χ3n) is 3.51. The predicted octanol–water partition coefficient (Wildman–Crippen LogP) is 4.02. The lowest BCUT2D eigenvalue weighted by Gasteiger charge is -2.31. The van der Waals surface area contributed by atoms with Crippen LogP contribution in [0.2, 0.25) is 5.02 Å². The summed E-state index contributed by atoms with van der Waals surface area (Å²) in [6.07, 6.45) is 4.72. The van der Waals surface area contributed by atoms with Crippen LogP contribution in [0.4, 0.5) is 0 Å². The zero-order valence-electron chi connectivity index (χ0n) is 10.2. The van der Waals surface area contributed by atoms with Crippen molar-refractivity contribution in [2.24, 2.45) is 5.92 Å². The van der Waals surface area contributed by atoms with Crippen molar-refractivity contribution in [2.75, 3.05) is 5.33 Å². The number of nitrogens with one attached hydrogen (secondary N) is 1. The highest BCUT2D eigenvalue weighted by molar-refractivity contribution is 9.09. The van der Waals surface area contributed by atoms with E-state index in [1.54, 1.807) is 24.3 Å². The van der Waals surface area contributed by atoms with Gasteiger partial charge in [-0.15, -0.1) is 0 Å². The molecule has 1 amide bonds. The largest absolute Gasteiger partial charge is 0.349 e. The molecule has 0 radical (unpaired) electrons. The number of rotatable bonds is 3. The summed E-state index contributed by atoms with van der Waals surface area (Å²) in [5.41, 5.74) is 0.640. The second-order valence-electron chi connectivity index (χ2n) is 4.79. The molecule has 1 aliphatic rings. The van der Waals surface area contributed by atoms with E-state index >= 15 is 0 Å². The van der Waals surface area contributed by atoms with E-state index in [-0.39, 0.29) is 11.9 Å². The smallest absolute Gasteiger partial charge is 0.251 e. The lowest BCUT2D eigenvalue weighted by Crippen LogP contribution is -2.42. The lowest BCUT2D eigenvalue weighted by atomic mass is 9.86. The average molecular weight is 331 g/mol. The highest BCUT2D eigenvalue weighted by Crippen LogP contribution is 2.26. The minimum Gasteiger partial charge on any atom is -0.349 e. The molecule has 1 aromatic carbocycles. The monoisotopic (exact) mass is 329 g/mol. The number of amides is 1. The summed E-state index contributed by atoms with van der Waals surface area (Å²) in [4.78, 5) is 12.1. The van der Waals surface area contributed by atoms with Crippen LogP contribution in [0.3, 0.4) is 0 Å². The van der Waals surface area contributed by atoms with Crippen LogP contribution in [0.25, 0.3) is 0 Å². The Morgan fingerprint density at radius 2 is 2.17 bits per heavy atom. The molecule has 4 heteroatoms. The van der Waals surface area contributed by atoms with Crippen molar-refractivity contribution in [3.63, 3.8) is 0 Å². The lowest BCUT2D eigenvalue weighted by molar-refractivity contribution is 0.0911. The third-order valence-corrected chi connectivity index (χ3v) is 4.58. The number of benzene rings is 1. The van der Waals surface area contributed by atoms with E-state index in [9.17, 15) is 4.79 Å². The van der Waals surface area contributed by atoms with E-state index < -0.39 is 0 Å². The van der Waals surface area contributed by atoms with Gasteiger partial charge in [-0.25, -0.2) is 0 Å². The second kappa shape index (κ2) is 6.58. The van der Waals surface area contributed by atoms with E-state index in [2.05, 4.69) is 21.2 Å². The summed E-state index contributed by atoms with van der Waals surface area (Å²) in [7, 11) is 0. The van der Waals surface area contributed by atoms with Gasteiger partial charge in [0.05, 0.1) is 0 Å². The quantitative estimate of drug-likeness (QED) is 0.833. The van der Waals surface area contributed by atoms with Crippen LogP contribution in [0.15, 0.2) is 24.3 Å². The summed E-state index contributed by atoms with van der Waals surface area (Å²) in [6.45, 7) is 0. The topological polar surface area (TPSA) is 29.1 Å². The molecular formula is C14H17BrClNO. The first-order valence-electron chi connectivity index (χ1n) is 6.33. The summed E-state index contributed by atoms with van der Waals surface area (Å²) in [5, 5.41) is 4.69. The number of alkyl halides is 1. The Labute approximate surface area is 121 Å². The van der Waals surface area contributed by atoms with Gasteiger partial charge in [0.15, 0.2) is 0 Å². The fourth-order valence-corrected chi connectivity index (χ4v) is 3.43. The van der Waals surface area contributed by atoms with Gasteiger partial charge in [-0.05, 0) is 37.0 Å². The Morgan fingerprint density at radius 3 is 2.89 bits per heavy atom. The molecule has 2 atom stereocenters. The first-order valence-corrected chi connectivity index (χ1v) is 7.83. The van der Waals surface area contributed by atoms with Crippen LogP contribution in [-0.4, -0.2) is 17.3 Å². The van der Waals surface area contributed by atoms with E-state index in [4.69, 9.17) is 11.6 Å². The SMILES string of the molecule is O=C(NC1CCCCC1CBr)c1cccc(Cl)c1. The zero-order valence-corrected chi connectivity index (χ0v) is 12.5. The molecule has 1 N–H and O–H groups in total. The Morgan fingerprint density at radius 1 is 1.39 bits per heavy atom. The Bertz CT molecular complexity index is 424. The molecule has 1 aromatic rings. The maximum absolute atomic E-state index is 12.1. The molecule has 0 spiro atoms. The summed E-state index contributed by atoms with van der Waals surface area (Å²) >= 11 is 9.44. The van der Waals surface area contributed by atoms with Gasteiger partial charge in [-0.1, -0.05) is 46.4 Å². The van der Waals surface area contributed by atoms with Crippen molar-refractivity contribution in [3.05, 3.63) is 34.9 Å². The van der Waals surface area contributed by atoms with Crippen LogP contribution < -0.4 is 5.32 Å². The number of carbonyl (C=O) groups is 1. The van der Waals surface area contributed by atoms with Gasteiger partial charge in [0.2, 0.25) is 0 Å². The Hall–Kier alpha value is -0.540. The van der Waals surface area contributed by atoms with Gasteiger partial charge in [0, 0.05) is 22.0 Å². The fraction of sp³-hybridized carbons (Fsp3) is 0.500. The van der Waals surface area contributed by atoms with E-state index in [1.807, 2.05) is 0 Å². The minimum atomic E-state index is -0.0182. The van der Waals surface area contributed by atoms with Gasteiger partial charge in [-0.2, -0.15) is 0 Å². The molecule has 1 fully saturated rings. The van der Waals surface area contributed by atoms with Crippen molar-refractivity contribution in [3.8, 4) is 0 Å². The molecule has 0 aliphatic heterocycles. The normalized spacial score (nSPS) is 23.7. The first kappa shape index (κ1) is 13.9. The highest BCUT2D eigenvalue weighted by atomic mass is 79.9. The predicted molar refractivity (Wildman–Crippen MR) is 78.5 cm³/mol. The second-order valence-corrected chi connectivity index (χ2v) is 5.87. The van der Waals surface area contributed by atoms with E-state index in [0.29, 0.717) is 16.5 Å². The van der Waals surface area contributed by atoms with Crippen LogP contribution in [0.1, 0.15) is 36.0 Å². The molecular weight excluding hydrogens is 314 g/mol. The average Bonchev–Trinajstić information content (AvgIpc) is 2.39. The number of hydrogen-bond donors (Lipinski definition) is 1. The molecule has 0 saturated heterocycles. The van der Waals surface area contributed by atoms with Gasteiger partial charge < -0.3 is 5.32 Å². The number of carbonyl (C=O) groups excluding carboxylic acids is 1.